The van der Waals surface area contributed by atoms with Crippen molar-refractivity contribution in [1.82, 2.24) is 5.43 Å². The number of rotatable bonds is 3. The van der Waals surface area contributed by atoms with E-state index < -0.39 is 17.8 Å². The number of carbonyl (C=O) groups is 2. The lowest BCUT2D eigenvalue weighted by Crippen LogP contribution is -2.31. The summed E-state index contributed by atoms with van der Waals surface area (Å²) >= 11 is 0. The van der Waals surface area contributed by atoms with E-state index in [2.05, 4.69) is 21.2 Å². The standard InChI is InChI=1S/C19H17F3N4O2/c1-11-9-16(27)25-26-17(11)12-5-7-14(8-6-12)23-18(28)24-15-4-2-3-13(10-15)19(20,21)22/h2-8,10-11H,9H2,1H3,(H,25,27)(H2,23,24,28)/t11-/m1/s1. The first-order chi connectivity index (χ1) is 13.2. The van der Waals surface area contributed by atoms with E-state index >= 15 is 0 Å². The van der Waals surface area contributed by atoms with Gasteiger partial charge in [-0.1, -0.05) is 25.1 Å². The van der Waals surface area contributed by atoms with Gasteiger partial charge < -0.3 is 10.6 Å². The van der Waals surface area contributed by atoms with Crippen LogP contribution >= 0.6 is 0 Å². The lowest BCUT2D eigenvalue weighted by Gasteiger charge is -2.19. The molecule has 6 nitrogen and oxygen atoms in total. The first kappa shape index (κ1) is 19.4. The van der Waals surface area contributed by atoms with Crippen LogP contribution in [0.4, 0.5) is 29.3 Å². The number of carbonyl (C=O) groups excluding carboxylic acids is 2. The van der Waals surface area contributed by atoms with Gasteiger partial charge in [-0.3, -0.25) is 4.79 Å². The molecule has 0 aliphatic carbocycles. The number of hydrogen-bond acceptors (Lipinski definition) is 3. The zero-order chi connectivity index (χ0) is 20.3. The van der Waals surface area contributed by atoms with Crippen molar-refractivity contribution in [2.75, 3.05) is 10.6 Å². The van der Waals surface area contributed by atoms with E-state index in [0.717, 1.165) is 23.4 Å². The molecule has 0 fully saturated rings. The minimum atomic E-state index is -4.48. The number of halogens is 3. The van der Waals surface area contributed by atoms with Crippen molar-refractivity contribution >= 4 is 29.0 Å². The van der Waals surface area contributed by atoms with Crippen molar-refractivity contribution < 1.29 is 22.8 Å². The molecule has 2 aromatic rings. The number of urea groups is 1. The molecule has 0 saturated heterocycles. The summed E-state index contributed by atoms with van der Waals surface area (Å²) in [5, 5.41) is 8.99. The molecule has 28 heavy (non-hydrogen) atoms. The second kappa shape index (κ2) is 7.71. The molecule has 1 atom stereocenters. The van der Waals surface area contributed by atoms with Gasteiger partial charge in [0.05, 0.1) is 11.3 Å². The number of benzene rings is 2. The number of hydrazone groups is 1. The smallest absolute Gasteiger partial charge is 0.308 e. The van der Waals surface area contributed by atoms with E-state index in [9.17, 15) is 22.8 Å². The van der Waals surface area contributed by atoms with Gasteiger partial charge in [-0.2, -0.15) is 18.3 Å². The van der Waals surface area contributed by atoms with E-state index in [-0.39, 0.29) is 17.5 Å². The Morgan fingerprint density at radius 2 is 1.79 bits per heavy atom. The monoisotopic (exact) mass is 390 g/mol. The molecular formula is C19H17F3N4O2. The molecule has 3 N–H and O–H groups in total. The molecule has 1 aliphatic heterocycles. The first-order valence-corrected chi connectivity index (χ1v) is 8.44. The number of hydrogen-bond donors (Lipinski definition) is 3. The SMILES string of the molecule is C[C@@H]1CC(=O)NN=C1c1ccc(NC(=O)Nc2cccc(C(F)(F)F)c2)cc1. The van der Waals surface area contributed by atoms with Gasteiger partial charge in [0.15, 0.2) is 0 Å². The average molecular weight is 390 g/mol. The van der Waals surface area contributed by atoms with Crippen molar-refractivity contribution in [3.8, 4) is 0 Å². The van der Waals surface area contributed by atoms with Gasteiger partial charge in [0.1, 0.15) is 0 Å². The molecule has 9 heteroatoms. The lowest BCUT2D eigenvalue weighted by atomic mass is 9.94. The highest BCUT2D eigenvalue weighted by Crippen LogP contribution is 2.30. The van der Waals surface area contributed by atoms with Crippen molar-refractivity contribution in [2.24, 2.45) is 11.0 Å². The molecule has 1 heterocycles. The number of alkyl halides is 3. The molecule has 3 amide bonds. The second-order valence-electron chi connectivity index (χ2n) is 6.37. The molecule has 2 aromatic carbocycles. The largest absolute Gasteiger partial charge is 0.416 e. The third kappa shape index (κ3) is 4.67. The minimum absolute atomic E-state index is 0.0308. The zero-order valence-electron chi connectivity index (χ0n) is 14.8. The van der Waals surface area contributed by atoms with Gasteiger partial charge in [-0.25, -0.2) is 10.2 Å². The minimum Gasteiger partial charge on any atom is -0.308 e. The van der Waals surface area contributed by atoms with E-state index in [1.165, 1.54) is 12.1 Å². The second-order valence-corrected chi connectivity index (χ2v) is 6.37. The molecule has 0 unspecified atom stereocenters. The van der Waals surface area contributed by atoms with Gasteiger partial charge in [0, 0.05) is 23.7 Å². The van der Waals surface area contributed by atoms with Gasteiger partial charge in [-0.15, -0.1) is 0 Å². The third-order valence-corrected chi connectivity index (χ3v) is 4.15. The van der Waals surface area contributed by atoms with Crippen molar-refractivity contribution in [3.05, 3.63) is 59.7 Å². The molecule has 3 rings (SSSR count). The van der Waals surface area contributed by atoms with Crippen LogP contribution in [-0.4, -0.2) is 17.6 Å². The van der Waals surface area contributed by atoms with Crippen LogP contribution in [0, 0.1) is 5.92 Å². The van der Waals surface area contributed by atoms with Crippen LogP contribution in [0.1, 0.15) is 24.5 Å². The molecule has 146 valence electrons. The Morgan fingerprint density at radius 1 is 1.11 bits per heavy atom. The van der Waals surface area contributed by atoms with Crippen molar-refractivity contribution in [3.63, 3.8) is 0 Å². The molecular weight excluding hydrogens is 373 g/mol. The fourth-order valence-corrected chi connectivity index (χ4v) is 2.79. The van der Waals surface area contributed by atoms with Gasteiger partial charge in [-0.05, 0) is 35.9 Å². The fourth-order valence-electron chi connectivity index (χ4n) is 2.79. The number of amides is 3. The normalized spacial score (nSPS) is 16.8. The maximum atomic E-state index is 12.7. The summed E-state index contributed by atoms with van der Waals surface area (Å²) in [6.07, 6.45) is -4.14. The van der Waals surface area contributed by atoms with Crippen molar-refractivity contribution in [2.45, 2.75) is 19.5 Å². The fraction of sp³-hybridized carbons (Fsp3) is 0.211. The highest BCUT2D eigenvalue weighted by Gasteiger charge is 2.30. The maximum Gasteiger partial charge on any atom is 0.416 e. The van der Waals surface area contributed by atoms with Gasteiger partial charge in [0.25, 0.3) is 0 Å². The highest BCUT2D eigenvalue weighted by molar-refractivity contribution is 6.06. The molecule has 0 radical (unpaired) electrons. The summed E-state index contributed by atoms with van der Waals surface area (Å²) in [7, 11) is 0. The summed E-state index contributed by atoms with van der Waals surface area (Å²) in [4.78, 5) is 23.4. The van der Waals surface area contributed by atoms with E-state index in [1.807, 2.05) is 6.92 Å². The van der Waals surface area contributed by atoms with Crippen LogP contribution < -0.4 is 16.1 Å². The lowest BCUT2D eigenvalue weighted by molar-refractivity contribution is -0.137. The topological polar surface area (TPSA) is 82.6 Å². The summed E-state index contributed by atoms with van der Waals surface area (Å²) in [6.45, 7) is 1.90. The Bertz CT molecular complexity index is 924. The van der Waals surface area contributed by atoms with Crippen molar-refractivity contribution in [1.29, 1.82) is 0 Å². The average Bonchev–Trinajstić information content (AvgIpc) is 2.62. The Morgan fingerprint density at radius 3 is 2.43 bits per heavy atom. The van der Waals surface area contributed by atoms with E-state index in [4.69, 9.17) is 0 Å². The van der Waals surface area contributed by atoms with Crippen LogP contribution in [0.3, 0.4) is 0 Å². The van der Waals surface area contributed by atoms with Gasteiger partial charge in [0.2, 0.25) is 5.91 Å². The summed E-state index contributed by atoms with van der Waals surface area (Å²) < 4.78 is 38.2. The van der Waals surface area contributed by atoms with Crippen LogP contribution in [0.25, 0.3) is 0 Å². The Labute approximate surface area is 158 Å². The van der Waals surface area contributed by atoms with Gasteiger partial charge >= 0.3 is 12.2 Å². The first-order valence-electron chi connectivity index (χ1n) is 8.44. The van der Waals surface area contributed by atoms with E-state index in [0.29, 0.717) is 12.1 Å². The predicted octanol–water partition coefficient (Wildman–Crippen LogP) is 4.21. The Balaban J connectivity index is 1.64. The van der Waals surface area contributed by atoms with Crippen LogP contribution in [-0.2, 0) is 11.0 Å². The summed E-state index contributed by atoms with van der Waals surface area (Å²) in [5.74, 6) is -0.169. The number of anilines is 2. The highest BCUT2D eigenvalue weighted by atomic mass is 19.4. The molecule has 0 aromatic heterocycles. The maximum absolute atomic E-state index is 12.7. The molecule has 0 saturated carbocycles. The molecule has 1 aliphatic rings. The third-order valence-electron chi connectivity index (χ3n) is 4.15. The summed E-state index contributed by atoms with van der Waals surface area (Å²) in [6, 6.07) is 10.5. The van der Waals surface area contributed by atoms with Crippen LogP contribution in [0.2, 0.25) is 0 Å². The molecule has 0 bridgehead atoms. The summed E-state index contributed by atoms with van der Waals surface area (Å²) in [5.41, 5.74) is 3.63. The quantitative estimate of drug-likeness (QED) is 0.734. The number of nitrogens with one attached hydrogen (secondary N) is 3. The predicted molar refractivity (Wildman–Crippen MR) is 99.0 cm³/mol. The molecule has 0 spiro atoms. The Kier molecular flexibility index (Phi) is 5.34. The van der Waals surface area contributed by atoms with Crippen LogP contribution in [0.5, 0.6) is 0 Å². The number of nitrogens with zero attached hydrogens (tertiary/aromatic N) is 1. The van der Waals surface area contributed by atoms with E-state index in [1.54, 1.807) is 24.3 Å². The Hall–Kier alpha value is -3.36. The van der Waals surface area contributed by atoms with Crippen LogP contribution in [0.15, 0.2) is 53.6 Å². The zero-order valence-corrected chi connectivity index (χ0v) is 14.8.